The van der Waals surface area contributed by atoms with E-state index in [-0.39, 0.29) is 0 Å². The van der Waals surface area contributed by atoms with E-state index >= 15 is 0 Å². The van der Waals surface area contributed by atoms with Crippen LogP contribution in [0.5, 0.6) is 0 Å². The van der Waals surface area contributed by atoms with Crippen molar-refractivity contribution in [3.05, 3.63) is 114 Å². The fourth-order valence-corrected chi connectivity index (χ4v) is 5.57. The van der Waals surface area contributed by atoms with Crippen molar-refractivity contribution in [1.82, 2.24) is 9.55 Å². The summed E-state index contributed by atoms with van der Waals surface area (Å²) in [6.45, 7) is 9.33. The zero-order valence-electron chi connectivity index (χ0n) is 21.4. The summed E-state index contributed by atoms with van der Waals surface area (Å²) in [7, 11) is 0. The fourth-order valence-electron chi connectivity index (χ4n) is 5.57. The molecule has 178 valence electrons. The Bertz CT molecular complexity index is 1310. The Balaban J connectivity index is 1.64. The normalized spacial score (nSPS) is 18.3. The molecule has 1 aromatic heterocycles. The van der Waals surface area contributed by atoms with Crippen molar-refractivity contribution in [2.24, 2.45) is 11.8 Å². The first-order chi connectivity index (χ1) is 17.0. The summed E-state index contributed by atoms with van der Waals surface area (Å²) in [6, 6.07) is 19.6. The molecule has 5 rings (SSSR count). The van der Waals surface area contributed by atoms with Crippen molar-refractivity contribution in [3.63, 3.8) is 0 Å². The summed E-state index contributed by atoms with van der Waals surface area (Å²) in [5, 5.41) is 0. The minimum atomic E-state index is 0.375. The van der Waals surface area contributed by atoms with E-state index in [1.54, 1.807) is 0 Å². The van der Waals surface area contributed by atoms with E-state index in [1.165, 1.54) is 33.5 Å². The second kappa shape index (κ2) is 10.1. The molecule has 0 saturated heterocycles. The van der Waals surface area contributed by atoms with Gasteiger partial charge in [-0.05, 0) is 58.9 Å². The van der Waals surface area contributed by atoms with E-state index < -0.39 is 0 Å². The van der Waals surface area contributed by atoms with Gasteiger partial charge in [-0.2, -0.15) is 0 Å². The molecule has 3 aromatic rings. The number of rotatable bonds is 6. The molecule has 2 aromatic carbocycles. The Morgan fingerprint density at radius 1 is 0.914 bits per heavy atom. The van der Waals surface area contributed by atoms with Gasteiger partial charge in [0.2, 0.25) is 0 Å². The first-order valence-electron chi connectivity index (χ1n) is 13.0. The molecule has 0 aliphatic heterocycles. The standard InChI is InChI=1S/C33H36N2/c1-23(2)30-21-27(29-18-12-11-17-28(29)25-13-7-5-8-14-25)22-31(24(3)4)32(30)35-20-19-34-33(35)26-15-9-6-10-16-26/h5-7,9-13,15-21,23-24,27H,8,14,22H2,1-4H3. The zero-order valence-corrected chi connectivity index (χ0v) is 21.4. The quantitative estimate of drug-likeness (QED) is 0.359. The number of aromatic nitrogens is 2. The predicted octanol–water partition coefficient (Wildman–Crippen LogP) is 8.92. The van der Waals surface area contributed by atoms with Crippen molar-refractivity contribution >= 4 is 11.3 Å². The van der Waals surface area contributed by atoms with Crippen LogP contribution in [-0.2, 0) is 0 Å². The Morgan fingerprint density at radius 2 is 1.69 bits per heavy atom. The monoisotopic (exact) mass is 460 g/mol. The number of allylic oxidation sites excluding steroid dienone is 8. The molecule has 1 unspecified atom stereocenters. The first-order valence-corrected chi connectivity index (χ1v) is 13.0. The van der Waals surface area contributed by atoms with Gasteiger partial charge in [-0.3, -0.25) is 4.57 Å². The van der Waals surface area contributed by atoms with E-state index in [9.17, 15) is 0 Å². The number of hydrogen-bond acceptors (Lipinski definition) is 1. The molecule has 0 spiro atoms. The van der Waals surface area contributed by atoms with E-state index in [1.807, 2.05) is 6.20 Å². The van der Waals surface area contributed by atoms with Crippen molar-refractivity contribution in [2.75, 3.05) is 0 Å². The topological polar surface area (TPSA) is 17.8 Å². The van der Waals surface area contributed by atoms with Crippen molar-refractivity contribution in [2.45, 2.75) is 52.9 Å². The Labute approximate surface area is 210 Å². The lowest BCUT2D eigenvalue weighted by molar-refractivity contribution is 0.644. The Morgan fingerprint density at radius 3 is 2.40 bits per heavy atom. The van der Waals surface area contributed by atoms with Gasteiger partial charge in [-0.1, -0.05) is 107 Å². The maximum Gasteiger partial charge on any atom is 0.144 e. The lowest BCUT2D eigenvalue weighted by Crippen LogP contribution is -2.19. The van der Waals surface area contributed by atoms with Crippen LogP contribution in [0, 0.1) is 11.8 Å². The number of hydrogen-bond donors (Lipinski definition) is 0. The van der Waals surface area contributed by atoms with Gasteiger partial charge in [-0.15, -0.1) is 0 Å². The summed E-state index contributed by atoms with van der Waals surface area (Å²) >= 11 is 0. The molecule has 1 heterocycles. The van der Waals surface area contributed by atoms with Gasteiger partial charge in [0.05, 0.1) is 0 Å². The third kappa shape index (κ3) is 4.62. The molecule has 2 aliphatic carbocycles. The summed E-state index contributed by atoms with van der Waals surface area (Å²) < 4.78 is 2.34. The van der Waals surface area contributed by atoms with E-state index in [2.05, 4.69) is 117 Å². The number of imidazole rings is 1. The van der Waals surface area contributed by atoms with Crippen LogP contribution in [0.15, 0.2) is 102 Å². The van der Waals surface area contributed by atoms with Gasteiger partial charge in [0.15, 0.2) is 0 Å². The highest BCUT2D eigenvalue weighted by atomic mass is 15.1. The molecule has 0 N–H and O–H groups in total. The van der Waals surface area contributed by atoms with Crippen molar-refractivity contribution in [3.8, 4) is 11.4 Å². The minimum Gasteiger partial charge on any atom is -0.300 e. The third-order valence-corrected chi connectivity index (χ3v) is 7.35. The summed E-state index contributed by atoms with van der Waals surface area (Å²) in [6.07, 6.45) is 16.7. The third-order valence-electron chi connectivity index (χ3n) is 7.35. The van der Waals surface area contributed by atoms with Crippen molar-refractivity contribution < 1.29 is 0 Å². The summed E-state index contributed by atoms with van der Waals surface area (Å²) in [4.78, 5) is 4.79. The van der Waals surface area contributed by atoms with E-state index in [0.29, 0.717) is 17.8 Å². The Kier molecular flexibility index (Phi) is 6.72. The van der Waals surface area contributed by atoms with Crippen LogP contribution in [0.25, 0.3) is 22.7 Å². The van der Waals surface area contributed by atoms with Crippen LogP contribution >= 0.6 is 0 Å². The molecule has 0 radical (unpaired) electrons. The largest absolute Gasteiger partial charge is 0.300 e. The molecule has 0 amide bonds. The molecule has 0 bridgehead atoms. The minimum absolute atomic E-state index is 0.375. The molecular weight excluding hydrogens is 424 g/mol. The lowest BCUT2D eigenvalue weighted by Gasteiger charge is -2.33. The lowest BCUT2D eigenvalue weighted by atomic mass is 9.75. The van der Waals surface area contributed by atoms with E-state index in [0.717, 1.165) is 30.7 Å². The second-order valence-corrected chi connectivity index (χ2v) is 10.3. The smallest absolute Gasteiger partial charge is 0.144 e. The van der Waals surface area contributed by atoms with Gasteiger partial charge in [0.1, 0.15) is 5.82 Å². The van der Waals surface area contributed by atoms with Crippen LogP contribution in [-0.4, -0.2) is 9.55 Å². The number of benzene rings is 2. The van der Waals surface area contributed by atoms with Gasteiger partial charge in [-0.25, -0.2) is 4.98 Å². The highest BCUT2D eigenvalue weighted by Crippen LogP contribution is 2.45. The molecule has 2 aliphatic rings. The van der Waals surface area contributed by atoms with Gasteiger partial charge in [0.25, 0.3) is 0 Å². The summed E-state index contributed by atoms with van der Waals surface area (Å²) in [5.74, 6) is 2.25. The van der Waals surface area contributed by atoms with Gasteiger partial charge >= 0.3 is 0 Å². The molecule has 0 saturated carbocycles. The average Bonchev–Trinajstić information content (AvgIpc) is 3.38. The molecule has 0 fully saturated rings. The SMILES string of the molecule is CC(C)C1=CC(c2ccccc2C2=CC=CCC2)CC(C(C)C)=C1n1ccnc1-c1ccccc1. The van der Waals surface area contributed by atoms with Crippen LogP contribution in [0.1, 0.15) is 64.0 Å². The molecule has 1 atom stereocenters. The van der Waals surface area contributed by atoms with Gasteiger partial charge < -0.3 is 0 Å². The van der Waals surface area contributed by atoms with Crippen molar-refractivity contribution in [1.29, 1.82) is 0 Å². The zero-order chi connectivity index (χ0) is 24.4. The second-order valence-electron chi connectivity index (χ2n) is 10.3. The number of nitrogens with zero attached hydrogens (tertiary/aromatic N) is 2. The summed E-state index contributed by atoms with van der Waals surface area (Å²) in [5.41, 5.74) is 9.78. The Hall–Kier alpha value is -3.39. The first kappa shape index (κ1) is 23.4. The van der Waals surface area contributed by atoms with Gasteiger partial charge in [0, 0.05) is 29.6 Å². The molecular formula is C33H36N2. The fraction of sp³-hybridized carbons (Fsp3) is 0.303. The van der Waals surface area contributed by atoms with E-state index in [4.69, 9.17) is 4.98 Å². The maximum absolute atomic E-state index is 4.79. The molecule has 2 heteroatoms. The van der Waals surface area contributed by atoms with Crippen LogP contribution in [0.2, 0.25) is 0 Å². The van der Waals surface area contributed by atoms with Crippen LogP contribution in [0.4, 0.5) is 0 Å². The maximum atomic E-state index is 4.79. The highest BCUT2D eigenvalue weighted by Gasteiger charge is 2.30. The highest BCUT2D eigenvalue weighted by molar-refractivity contribution is 5.77. The average molecular weight is 461 g/mol. The van der Waals surface area contributed by atoms with Crippen LogP contribution < -0.4 is 0 Å². The molecule has 2 nitrogen and oxygen atoms in total. The molecule has 35 heavy (non-hydrogen) atoms. The predicted molar refractivity (Wildman–Crippen MR) is 149 cm³/mol. The van der Waals surface area contributed by atoms with Crippen LogP contribution in [0.3, 0.4) is 0 Å².